The number of ether oxygens (including phenoxy) is 2. The van der Waals surface area contributed by atoms with E-state index in [1.165, 1.54) is 0 Å². The number of benzene rings is 1. The summed E-state index contributed by atoms with van der Waals surface area (Å²) in [6.07, 6.45) is 0.484. The lowest BCUT2D eigenvalue weighted by Crippen LogP contribution is -2.12. The molecule has 0 amide bonds. The minimum Gasteiger partial charge on any atom is -0.491 e. The largest absolute Gasteiger partial charge is 0.491 e. The van der Waals surface area contributed by atoms with Gasteiger partial charge < -0.3 is 15.2 Å². The molecule has 1 aromatic carbocycles. The molecule has 0 atom stereocenters. The predicted octanol–water partition coefficient (Wildman–Crippen LogP) is 1.19. The summed E-state index contributed by atoms with van der Waals surface area (Å²) in [5.74, 6) is 0.974. The van der Waals surface area contributed by atoms with Crippen LogP contribution in [0.1, 0.15) is 5.56 Å². The fourth-order valence-corrected chi connectivity index (χ4v) is 1.17. The van der Waals surface area contributed by atoms with Gasteiger partial charge in [-0.3, -0.25) is 5.41 Å². The van der Waals surface area contributed by atoms with E-state index in [1.807, 2.05) is 24.3 Å². The fraction of sp³-hybridized carbons (Fsp3) is 0.364. The van der Waals surface area contributed by atoms with E-state index in [0.717, 1.165) is 11.3 Å². The number of hydrogen-bond acceptors (Lipinski definition) is 3. The van der Waals surface area contributed by atoms with Crippen LogP contribution < -0.4 is 10.5 Å². The summed E-state index contributed by atoms with van der Waals surface area (Å²) in [4.78, 5) is 0. The van der Waals surface area contributed by atoms with Gasteiger partial charge in [-0.1, -0.05) is 12.1 Å². The van der Waals surface area contributed by atoms with E-state index in [-0.39, 0.29) is 5.84 Å². The molecule has 4 nitrogen and oxygen atoms in total. The van der Waals surface area contributed by atoms with Gasteiger partial charge in [0.2, 0.25) is 0 Å². The standard InChI is InChI=1S/C11H16N2O2/c1-14-6-7-15-10-4-2-9(3-5-10)8-11(12)13/h2-5H,6-8H2,1H3,(H3,12,13). The molecule has 0 radical (unpaired) electrons. The number of rotatable bonds is 6. The van der Waals surface area contributed by atoms with Gasteiger partial charge in [0.15, 0.2) is 0 Å². The van der Waals surface area contributed by atoms with E-state index in [4.69, 9.17) is 20.6 Å². The highest BCUT2D eigenvalue weighted by Gasteiger charge is 1.97. The van der Waals surface area contributed by atoms with Crippen LogP contribution in [-0.2, 0) is 11.2 Å². The topological polar surface area (TPSA) is 68.3 Å². The zero-order valence-corrected chi connectivity index (χ0v) is 8.82. The molecule has 0 bridgehead atoms. The maximum absolute atomic E-state index is 7.15. The first-order valence-electron chi connectivity index (χ1n) is 4.76. The Morgan fingerprint density at radius 3 is 2.47 bits per heavy atom. The predicted molar refractivity (Wildman–Crippen MR) is 59.4 cm³/mol. The summed E-state index contributed by atoms with van der Waals surface area (Å²) in [5.41, 5.74) is 6.31. The quantitative estimate of drug-likeness (QED) is 0.419. The third-order valence-corrected chi connectivity index (χ3v) is 1.87. The van der Waals surface area contributed by atoms with Gasteiger partial charge in [-0.25, -0.2) is 0 Å². The van der Waals surface area contributed by atoms with Gasteiger partial charge in [-0.05, 0) is 17.7 Å². The van der Waals surface area contributed by atoms with Gasteiger partial charge >= 0.3 is 0 Å². The monoisotopic (exact) mass is 208 g/mol. The molecule has 0 aliphatic carbocycles. The van der Waals surface area contributed by atoms with E-state index in [1.54, 1.807) is 7.11 Å². The van der Waals surface area contributed by atoms with Crippen molar-refractivity contribution in [1.29, 1.82) is 5.41 Å². The third-order valence-electron chi connectivity index (χ3n) is 1.87. The lowest BCUT2D eigenvalue weighted by Gasteiger charge is -2.06. The molecule has 0 fully saturated rings. The van der Waals surface area contributed by atoms with Crippen LogP contribution in [0.15, 0.2) is 24.3 Å². The molecular formula is C11H16N2O2. The molecular weight excluding hydrogens is 192 g/mol. The van der Waals surface area contributed by atoms with Gasteiger partial charge in [0.05, 0.1) is 12.4 Å². The second-order valence-corrected chi connectivity index (χ2v) is 3.19. The number of amidine groups is 1. The van der Waals surface area contributed by atoms with Crippen molar-refractivity contribution < 1.29 is 9.47 Å². The normalized spacial score (nSPS) is 9.93. The van der Waals surface area contributed by atoms with Crippen LogP contribution in [0, 0.1) is 5.41 Å². The first-order chi connectivity index (χ1) is 7.22. The maximum atomic E-state index is 7.15. The van der Waals surface area contributed by atoms with Gasteiger partial charge in [0.25, 0.3) is 0 Å². The van der Waals surface area contributed by atoms with E-state index in [0.29, 0.717) is 19.6 Å². The first-order valence-corrected chi connectivity index (χ1v) is 4.76. The Hall–Kier alpha value is -1.55. The maximum Gasteiger partial charge on any atom is 0.119 e. The van der Waals surface area contributed by atoms with Crippen molar-refractivity contribution in [3.8, 4) is 5.75 Å². The molecule has 0 saturated heterocycles. The van der Waals surface area contributed by atoms with Crippen LogP contribution in [0.3, 0.4) is 0 Å². The molecule has 0 spiro atoms. The average molecular weight is 208 g/mol. The molecule has 15 heavy (non-hydrogen) atoms. The summed E-state index contributed by atoms with van der Waals surface area (Å²) >= 11 is 0. The zero-order valence-electron chi connectivity index (χ0n) is 8.82. The van der Waals surface area contributed by atoms with Gasteiger partial charge in [-0.2, -0.15) is 0 Å². The lowest BCUT2D eigenvalue weighted by atomic mass is 10.1. The summed E-state index contributed by atoms with van der Waals surface area (Å²) in [6.45, 7) is 1.12. The molecule has 0 unspecified atom stereocenters. The Labute approximate surface area is 89.5 Å². The van der Waals surface area contributed by atoms with Crippen molar-refractivity contribution in [2.45, 2.75) is 6.42 Å². The van der Waals surface area contributed by atoms with Crippen molar-refractivity contribution in [2.75, 3.05) is 20.3 Å². The SMILES string of the molecule is COCCOc1ccc(CC(=N)N)cc1. The smallest absolute Gasteiger partial charge is 0.119 e. The van der Waals surface area contributed by atoms with Crippen molar-refractivity contribution in [2.24, 2.45) is 5.73 Å². The number of hydrogen-bond donors (Lipinski definition) is 2. The second kappa shape index (κ2) is 6.03. The van der Waals surface area contributed by atoms with Gasteiger partial charge in [-0.15, -0.1) is 0 Å². The molecule has 3 N–H and O–H groups in total. The second-order valence-electron chi connectivity index (χ2n) is 3.19. The van der Waals surface area contributed by atoms with Crippen LogP contribution in [0.25, 0.3) is 0 Å². The summed E-state index contributed by atoms with van der Waals surface area (Å²) in [7, 11) is 1.64. The molecule has 82 valence electrons. The number of nitrogens with two attached hydrogens (primary N) is 1. The first kappa shape index (κ1) is 11.5. The minimum absolute atomic E-state index is 0.169. The molecule has 0 aliphatic heterocycles. The van der Waals surface area contributed by atoms with E-state index < -0.39 is 0 Å². The van der Waals surface area contributed by atoms with Crippen molar-refractivity contribution in [3.05, 3.63) is 29.8 Å². The fourth-order valence-electron chi connectivity index (χ4n) is 1.17. The number of methoxy groups -OCH3 is 1. The molecule has 0 heterocycles. The van der Waals surface area contributed by atoms with Crippen LogP contribution in [-0.4, -0.2) is 26.2 Å². The van der Waals surface area contributed by atoms with Gasteiger partial charge in [0, 0.05) is 13.5 Å². The third kappa shape index (κ3) is 4.46. The highest BCUT2D eigenvalue weighted by Crippen LogP contribution is 2.12. The average Bonchev–Trinajstić information content (AvgIpc) is 2.20. The molecule has 0 aliphatic rings. The summed E-state index contributed by atoms with van der Waals surface area (Å²) in [6, 6.07) is 7.55. The Balaban J connectivity index is 2.45. The molecule has 1 rings (SSSR count). The minimum atomic E-state index is 0.169. The zero-order chi connectivity index (χ0) is 11.1. The highest BCUT2D eigenvalue weighted by molar-refractivity contribution is 5.79. The summed E-state index contributed by atoms with van der Waals surface area (Å²) < 4.78 is 10.3. The van der Waals surface area contributed by atoms with Gasteiger partial charge in [0.1, 0.15) is 12.4 Å². The molecule has 1 aromatic rings. The van der Waals surface area contributed by atoms with Crippen molar-refractivity contribution >= 4 is 5.84 Å². The Bertz CT molecular complexity index is 309. The molecule has 0 aromatic heterocycles. The van der Waals surface area contributed by atoms with Crippen LogP contribution in [0.5, 0.6) is 5.75 Å². The number of nitrogens with one attached hydrogen (secondary N) is 1. The van der Waals surface area contributed by atoms with E-state index in [2.05, 4.69) is 0 Å². The lowest BCUT2D eigenvalue weighted by molar-refractivity contribution is 0.146. The Morgan fingerprint density at radius 1 is 1.27 bits per heavy atom. The van der Waals surface area contributed by atoms with Crippen molar-refractivity contribution in [3.63, 3.8) is 0 Å². The highest BCUT2D eigenvalue weighted by atomic mass is 16.5. The van der Waals surface area contributed by atoms with E-state index in [9.17, 15) is 0 Å². The van der Waals surface area contributed by atoms with Crippen LogP contribution >= 0.6 is 0 Å². The van der Waals surface area contributed by atoms with Crippen LogP contribution in [0.2, 0.25) is 0 Å². The molecule has 4 heteroatoms. The van der Waals surface area contributed by atoms with E-state index >= 15 is 0 Å². The van der Waals surface area contributed by atoms with Crippen molar-refractivity contribution in [1.82, 2.24) is 0 Å². The summed E-state index contributed by atoms with van der Waals surface area (Å²) in [5, 5.41) is 7.15. The Morgan fingerprint density at radius 2 is 1.93 bits per heavy atom. The Kier molecular flexibility index (Phi) is 4.63. The van der Waals surface area contributed by atoms with Crippen LogP contribution in [0.4, 0.5) is 0 Å². The molecule has 0 saturated carbocycles.